The van der Waals surface area contributed by atoms with Gasteiger partial charge in [-0.2, -0.15) is 0 Å². The van der Waals surface area contributed by atoms with Gasteiger partial charge in [0, 0.05) is 16.5 Å². The molecule has 0 aliphatic carbocycles. The number of aryl methyl sites for hydroxylation is 1. The van der Waals surface area contributed by atoms with Gasteiger partial charge in [-0.25, -0.2) is 0 Å². The highest BCUT2D eigenvalue weighted by molar-refractivity contribution is 9.10. The Hall–Kier alpha value is -1.61. The molecule has 0 fully saturated rings. The van der Waals surface area contributed by atoms with Crippen LogP contribution in [-0.4, -0.2) is 12.9 Å². The van der Waals surface area contributed by atoms with E-state index in [0.29, 0.717) is 12.0 Å². The van der Waals surface area contributed by atoms with Crippen molar-refractivity contribution in [2.75, 3.05) is 7.11 Å². The lowest BCUT2D eigenvalue weighted by Crippen LogP contribution is -2.04. The Morgan fingerprint density at radius 1 is 1.21 bits per heavy atom. The molecule has 3 heteroatoms. The normalized spacial score (nSPS) is 10.3. The predicted molar refractivity (Wildman–Crippen MR) is 79.9 cm³/mol. The summed E-state index contributed by atoms with van der Waals surface area (Å²) in [6, 6.07) is 13.4. The van der Waals surface area contributed by atoms with Gasteiger partial charge in [-0.05, 0) is 42.3 Å². The van der Waals surface area contributed by atoms with Crippen molar-refractivity contribution in [3.63, 3.8) is 0 Å². The van der Waals surface area contributed by atoms with Gasteiger partial charge < -0.3 is 4.74 Å². The summed E-state index contributed by atoms with van der Waals surface area (Å²) in [5, 5.41) is 0. The van der Waals surface area contributed by atoms with Gasteiger partial charge in [0.25, 0.3) is 0 Å². The molecule has 0 heterocycles. The van der Waals surface area contributed by atoms with Gasteiger partial charge in [0.05, 0.1) is 7.11 Å². The second-order valence-electron chi connectivity index (χ2n) is 4.43. The van der Waals surface area contributed by atoms with E-state index >= 15 is 0 Å². The Bertz CT molecular complexity index is 605. The second kappa shape index (κ2) is 6.02. The van der Waals surface area contributed by atoms with E-state index in [-0.39, 0.29) is 5.78 Å². The number of ether oxygens (including phenoxy) is 1. The molecule has 0 unspecified atom stereocenters. The topological polar surface area (TPSA) is 26.3 Å². The van der Waals surface area contributed by atoms with E-state index in [2.05, 4.69) is 15.9 Å². The molecule has 2 rings (SSSR count). The molecule has 0 N–H and O–H groups in total. The first kappa shape index (κ1) is 13.8. The smallest absolute Gasteiger partial charge is 0.168 e. The quantitative estimate of drug-likeness (QED) is 0.790. The van der Waals surface area contributed by atoms with Gasteiger partial charge in [-0.1, -0.05) is 34.1 Å². The lowest BCUT2D eigenvalue weighted by Gasteiger charge is -2.06. The number of methoxy groups -OCH3 is 1. The van der Waals surface area contributed by atoms with E-state index in [1.54, 1.807) is 7.11 Å². The van der Waals surface area contributed by atoms with Gasteiger partial charge in [0.1, 0.15) is 5.75 Å². The summed E-state index contributed by atoms with van der Waals surface area (Å²) < 4.78 is 6.01. The molecule has 2 nitrogen and oxygen atoms in total. The van der Waals surface area contributed by atoms with Gasteiger partial charge >= 0.3 is 0 Å². The molecule has 0 amide bonds. The van der Waals surface area contributed by atoms with Crippen molar-refractivity contribution in [1.29, 1.82) is 0 Å². The maximum atomic E-state index is 12.3. The SMILES string of the molecule is COc1cccc(CC(=O)c2ccc(C)cc2Br)c1. The van der Waals surface area contributed by atoms with Crippen LogP contribution < -0.4 is 4.74 Å². The number of rotatable bonds is 4. The zero-order valence-corrected chi connectivity index (χ0v) is 12.5. The van der Waals surface area contributed by atoms with E-state index in [1.807, 2.05) is 49.4 Å². The number of ketones is 1. The third-order valence-electron chi connectivity index (χ3n) is 2.92. The highest BCUT2D eigenvalue weighted by Crippen LogP contribution is 2.21. The third-order valence-corrected chi connectivity index (χ3v) is 3.58. The van der Waals surface area contributed by atoms with Crippen LogP contribution in [0.3, 0.4) is 0 Å². The number of carbonyl (C=O) groups excluding carboxylic acids is 1. The second-order valence-corrected chi connectivity index (χ2v) is 5.29. The molecular formula is C16H15BrO2. The molecule has 0 saturated heterocycles. The Labute approximate surface area is 121 Å². The molecule has 0 aromatic heterocycles. The van der Waals surface area contributed by atoms with Crippen LogP contribution in [0.15, 0.2) is 46.9 Å². The maximum Gasteiger partial charge on any atom is 0.168 e. The minimum Gasteiger partial charge on any atom is -0.497 e. The van der Waals surface area contributed by atoms with E-state index in [4.69, 9.17) is 4.74 Å². The van der Waals surface area contributed by atoms with Crippen LogP contribution in [0.2, 0.25) is 0 Å². The minimum atomic E-state index is 0.0973. The summed E-state index contributed by atoms with van der Waals surface area (Å²) >= 11 is 3.44. The number of hydrogen-bond acceptors (Lipinski definition) is 2. The lowest BCUT2D eigenvalue weighted by atomic mass is 10.0. The van der Waals surface area contributed by atoms with E-state index in [0.717, 1.165) is 21.3 Å². The summed E-state index contributed by atoms with van der Waals surface area (Å²) in [6.45, 7) is 2.00. The van der Waals surface area contributed by atoms with E-state index in [9.17, 15) is 4.79 Å². The first-order valence-electron chi connectivity index (χ1n) is 6.02. The molecule has 0 atom stereocenters. The summed E-state index contributed by atoms with van der Waals surface area (Å²) in [5.41, 5.74) is 2.80. The molecule has 0 saturated carbocycles. The number of hydrogen-bond donors (Lipinski definition) is 0. The molecule has 19 heavy (non-hydrogen) atoms. The molecule has 0 aliphatic heterocycles. The standard InChI is InChI=1S/C16H15BrO2/c1-11-6-7-14(15(17)8-11)16(18)10-12-4-3-5-13(9-12)19-2/h3-9H,10H2,1-2H3. The molecule has 2 aromatic carbocycles. The van der Waals surface area contributed by atoms with Crippen molar-refractivity contribution >= 4 is 21.7 Å². The number of carbonyl (C=O) groups is 1. The van der Waals surface area contributed by atoms with Crippen LogP contribution >= 0.6 is 15.9 Å². The summed E-state index contributed by atoms with van der Waals surface area (Å²) in [4.78, 5) is 12.3. The number of Topliss-reactive ketones (excluding diaryl/α,β-unsaturated/α-hetero) is 1. The Kier molecular flexibility index (Phi) is 4.38. The van der Waals surface area contributed by atoms with E-state index in [1.165, 1.54) is 0 Å². The highest BCUT2D eigenvalue weighted by atomic mass is 79.9. The highest BCUT2D eigenvalue weighted by Gasteiger charge is 2.11. The molecule has 0 spiro atoms. The van der Waals surface area contributed by atoms with Crippen molar-refractivity contribution in [3.8, 4) is 5.75 Å². The largest absolute Gasteiger partial charge is 0.497 e. The third kappa shape index (κ3) is 3.44. The monoisotopic (exact) mass is 318 g/mol. The zero-order valence-electron chi connectivity index (χ0n) is 10.9. The minimum absolute atomic E-state index is 0.0973. The molecule has 0 aliphatic rings. The first-order valence-corrected chi connectivity index (χ1v) is 6.81. The number of halogens is 1. The molecular weight excluding hydrogens is 304 g/mol. The van der Waals surface area contributed by atoms with Crippen molar-refractivity contribution in [2.45, 2.75) is 13.3 Å². The summed E-state index contributed by atoms with van der Waals surface area (Å²) in [7, 11) is 1.62. The molecule has 0 radical (unpaired) electrons. The summed E-state index contributed by atoms with van der Waals surface area (Å²) in [5.74, 6) is 0.869. The lowest BCUT2D eigenvalue weighted by molar-refractivity contribution is 0.0992. The van der Waals surface area contributed by atoms with Crippen molar-refractivity contribution in [1.82, 2.24) is 0 Å². The van der Waals surface area contributed by atoms with Crippen LogP contribution in [0, 0.1) is 6.92 Å². The first-order chi connectivity index (χ1) is 9.10. The molecule has 98 valence electrons. The maximum absolute atomic E-state index is 12.3. The van der Waals surface area contributed by atoms with Gasteiger partial charge in [-0.15, -0.1) is 0 Å². The fourth-order valence-electron chi connectivity index (χ4n) is 1.91. The van der Waals surface area contributed by atoms with Crippen LogP contribution in [0.1, 0.15) is 21.5 Å². The fourth-order valence-corrected chi connectivity index (χ4v) is 2.62. The van der Waals surface area contributed by atoms with Crippen molar-refractivity contribution in [2.24, 2.45) is 0 Å². The van der Waals surface area contributed by atoms with E-state index < -0.39 is 0 Å². The average Bonchev–Trinajstić information content (AvgIpc) is 2.38. The Morgan fingerprint density at radius 2 is 2.00 bits per heavy atom. The Balaban J connectivity index is 2.20. The predicted octanol–water partition coefficient (Wildman–Crippen LogP) is 4.19. The van der Waals surface area contributed by atoms with Gasteiger partial charge in [-0.3, -0.25) is 4.79 Å². The fraction of sp³-hybridized carbons (Fsp3) is 0.188. The van der Waals surface area contributed by atoms with Crippen LogP contribution in [0.25, 0.3) is 0 Å². The van der Waals surface area contributed by atoms with Gasteiger partial charge in [0.15, 0.2) is 5.78 Å². The van der Waals surface area contributed by atoms with Gasteiger partial charge in [0.2, 0.25) is 0 Å². The molecule has 2 aromatic rings. The number of benzene rings is 2. The van der Waals surface area contributed by atoms with Crippen LogP contribution in [-0.2, 0) is 6.42 Å². The van der Waals surface area contributed by atoms with Crippen molar-refractivity contribution < 1.29 is 9.53 Å². The zero-order chi connectivity index (χ0) is 13.8. The van der Waals surface area contributed by atoms with Crippen molar-refractivity contribution in [3.05, 3.63) is 63.6 Å². The Morgan fingerprint density at radius 3 is 2.68 bits per heavy atom. The van der Waals surface area contributed by atoms with Crippen LogP contribution in [0.5, 0.6) is 5.75 Å². The summed E-state index contributed by atoms with van der Waals surface area (Å²) in [6.07, 6.45) is 0.374. The average molecular weight is 319 g/mol. The molecule has 0 bridgehead atoms. The van der Waals surface area contributed by atoms with Crippen LogP contribution in [0.4, 0.5) is 0 Å².